The Morgan fingerprint density at radius 2 is 1.76 bits per heavy atom. The van der Waals surface area contributed by atoms with Gasteiger partial charge in [0.2, 0.25) is 0 Å². The number of halogens is 1. The second kappa shape index (κ2) is 6.41. The molecule has 3 heteroatoms. The van der Waals surface area contributed by atoms with Gasteiger partial charge in [0.25, 0.3) is 0 Å². The maximum atomic E-state index is 5.79. The molecule has 0 amide bonds. The summed E-state index contributed by atoms with van der Waals surface area (Å²) in [7, 11) is 0. The summed E-state index contributed by atoms with van der Waals surface area (Å²) in [6, 6.07) is 4.28. The van der Waals surface area contributed by atoms with Crippen molar-refractivity contribution >= 4 is 21.6 Å². The van der Waals surface area contributed by atoms with E-state index in [1.165, 1.54) is 16.8 Å². The molecule has 0 heterocycles. The van der Waals surface area contributed by atoms with Gasteiger partial charge in [-0.05, 0) is 55.5 Å². The molecule has 0 aliphatic carbocycles. The van der Waals surface area contributed by atoms with E-state index < -0.39 is 0 Å². The lowest BCUT2D eigenvalue weighted by Gasteiger charge is -2.22. The van der Waals surface area contributed by atoms with E-state index >= 15 is 0 Å². The zero-order valence-corrected chi connectivity index (χ0v) is 12.8. The van der Waals surface area contributed by atoms with Gasteiger partial charge < -0.3 is 11.1 Å². The summed E-state index contributed by atoms with van der Waals surface area (Å²) in [5, 5.41) is 3.54. The van der Waals surface area contributed by atoms with Crippen molar-refractivity contribution in [3.05, 3.63) is 27.7 Å². The molecule has 1 aromatic rings. The molecule has 0 saturated heterocycles. The highest BCUT2D eigenvalue weighted by Crippen LogP contribution is 2.25. The minimum atomic E-state index is 0.525. The SMILES string of the molecule is Cc1cc(Br)cc(C)c1NCC(CN)C(C)C. The van der Waals surface area contributed by atoms with Crippen LogP contribution in [0.3, 0.4) is 0 Å². The van der Waals surface area contributed by atoms with Gasteiger partial charge in [0, 0.05) is 16.7 Å². The van der Waals surface area contributed by atoms with Crippen LogP contribution in [-0.4, -0.2) is 13.1 Å². The first-order chi connectivity index (χ1) is 7.95. The molecule has 2 nitrogen and oxygen atoms in total. The highest BCUT2D eigenvalue weighted by molar-refractivity contribution is 9.10. The minimum Gasteiger partial charge on any atom is -0.384 e. The monoisotopic (exact) mass is 298 g/mol. The third kappa shape index (κ3) is 4.00. The molecule has 1 rings (SSSR count). The molecule has 0 radical (unpaired) electrons. The van der Waals surface area contributed by atoms with Crippen molar-refractivity contribution in [2.45, 2.75) is 27.7 Å². The fourth-order valence-electron chi connectivity index (χ4n) is 2.01. The Hall–Kier alpha value is -0.540. The highest BCUT2D eigenvalue weighted by Gasteiger charge is 2.12. The van der Waals surface area contributed by atoms with Crippen LogP contribution >= 0.6 is 15.9 Å². The smallest absolute Gasteiger partial charge is 0.0400 e. The lowest BCUT2D eigenvalue weighted by atomic mass is 9.95. The van der Waals surface area contributed by atoms with Gasteiger partial charge in [0.1, 0.15) is 0 Å². The summed E-state index contributed by atoms with van der Waals surface area (Å²) in [5.74, 6) is 1.14. The fraction of sp³-hybridized carbons (Fsp3) is 0.571. The maximum Gasteiger partial charge on any atom is 0.0400 e. The molecule has 1 atom stereocenters. The van der Waals surface area contributed by atoms with Gasteiger partial charge in [0.15, 0.2) is 0 Å². The van der Waals surface area contributed by atoms with Crippen molar-refractivity contribution in [3.63, 3.8) is 0 Å². The molecule has 0 spiro atoms. The largest absolute Gasteiger partial charge is 0.384 e. The second-order valence-corrected chi connectivity index (χ2v) is 5.95. The summed E-state index contributed by atoms with van der Waals surface area (Å²) in [6.07, 6.45) is 0. The maximum absolute atomic E-state index is 5.79. The van der Waals surface area contributed by atoms with E-state index in [1.807, 2.05) is 0 Å². The number of anilines is 1. The molecule has 0 aromatic heterocycles. The molecule has 0 fully saturated rings. The zero-order chi connectivity index (χ0) is 13.0. The van der Waals surface area contributed by atoms with E-state index in [-0.39, 0.29) is 0 Å². The average molecular weight is 299 g/mol. The third-order valence-electron chi connectivity index (χ3n) is 3.28. The van der Waals surface area contributed by atoms with Crippen LogP contribution in [0.15, 0.2) is 16.6 Å². The van der Waals surface area contributed by atoms with Gasteiger partial charge in [-0.25, -0.2) is 0 Å². The summed E-state index contributed by atoms with van der Waals surface area (Å²) in [4.78, 5) is 0. The number of hydrogen-bond donors (Lipinski definition) is 2. The molecule has 1 aromatic carbocycles. The van der Waals surface area contributed by atoms with E-state index in [9.17, 15) is 0 Å². The molecule has 3 N–H and O–H groups in total. The quantitative estimate of drug-likeness (QED) is 0.870. The molecule has 0 bridgehead atoms. The number of rotatable bonds is 5. The van der Waals surface area contributed by atoms with Gasteiger partial charge in [-0.15, -0.1) is 0 Å². The number of hydrogen-bond acceptors (Lipinski definition) is 2. The van der Waals surface area contributed by atoms with Gasteiger partial charge in [0.05, 0.1) is 0 Å². The Morgan fingerprint density at radius 3 is 2.18 bits per heavy atom. The van der Waals surface area contributed by atoms with Gasteiger partial charge in [-0.2, -0.15) is 0 Å². The van der Waals surface area contributed by atoms with Crippen molar-refractivity contribution in [2.24, 2.45) is 17.6 Å². The number of benzene rings is 1. The Balaban J connectivity index is 2.75. The first-order valence-corrected chi connectivity index (χ1v) is 6.95. The van der Waals surface area contributed by atoms with Gasteiger partial charge in [-0.1, -0.05) is 29.8 Å². The number of nitrogens with two attached hydrogens (primary N) is 1. The van der Waals surface area contributed by atoms with Crippen LogP contribution in [-0.2, 0) is 0 Å². The Labute approximate surface area is 113 Å². The summed E-state index contributed by atoms with van der Waals surface area (Å²) < 4.78 is 1.14. The van der Waals surface area contributed by atoms with Crippen LogP contribution in [0.4, 0.5) is 5.69 Å². The molecular formula is C14H23BrN2. The Morgan fingerprint density at radius 1 is 1.24 bits per heavy atom. The van der Waals surface area contributed by atoms with E-state index in [2.05, 4.69) is 61.1 Å². The molecule has 0 aliphatic heterocycles. The van der Waals surface area contributed by atoms with Gasteiger partial charge >= 0.3 is 0 Å². The average Bonchev–Trinajstić information content (AvgIpc) is 2.21. The predicted molar refractivity (Wildman–Crippen MR) is 79.5 cm³/mol. The van der Waals surface area contributed by atoms with Crippen LogP contribution in [0.1, 0.15) is 25.0 Å². The summed E-state index contributed by atoms with van der Waals surface area (Å²) >= 11 is 3.52. The van der Waals surface area contributed by atoms with Crippen molar-refractivity contribution in [1.82, 2.24) is 0 Å². The minimum absolute atomic E-state index is 0.525. The van der Waals surface area contributed by atoms with Crippen LogP contribution in [0.25, 0.3) is 0 Å². The first-order valence-electron chi connectivity index (χ1n) is 6.16. The second-order valence-electron chi connectivity index (χ2n) is 5.04. The van der Waals surface area contributed by atoms with Crippen molar-refractivity contribution in [1.29, 1.82) is 0 Å². The standard InChI is InChI=1S/C14H23BrN2/c1-9(2)12(7-16)8-17-14-10(3)5-13(15)6-11(14)4/h5-6,9,12,17H,7-8,16H2,1-4H3. The summed E-state index contributed by atoms with van der Waals surface area (Å²) in [5.41, 5.74) is 9.58. The summed E-state index contributed by atoms with van der Waals surface area (Å²) in [6.45, 7) is 10.4. The molecule has 17 heavy (non-hydrogen) atoms. The highest BCUT2D eigenvalue weighted by atomic mass is 79.9. The fourth-order valence-corrected chi connectivity index (χ4v) is 2.70. The number of aryl methyl sites for hydroxylation is 2. The predicted octanol–water partition coefficient (Wildman–Crippen LogP) is 3.71. The van der Waals surface area contributed by atoms with Crippen LogP contribution in [0.5, 0.6) is 0 Å². The van der Waals surface area contributed by atoms with E-state index in [4.69, 9.17) is 5.73 Å². The van der Waals surface area contributed by atoms with Crippen molar-refractivity contribution in [2.75, 3.05) is 18.4 Å². The molecule has 0 aliphatic rings. The number of nitrogens with one attached hydrogen (secondary N) is 1. The Kier molecular flexibility index (Phi) is 5.47. The van der Waals surface area contributed by atoms with E-state index in [0.717, 1.165) is 17.6 Å². The topological polar surface area (TPSA) is 38.0 Å². The van der Waals surface area contributed by atoms with E-state index in [0.29, 0.717) is 11.8 Å². The molecule has 1 unspecified atom stereocenters. The van der Waals surface area contributed by atoms with Crippen LogP contribution < -0.4 is 11.1 Å². The van der Waals surface area contributed by atoms with Crippen LogP contribution in [0, 0.1) is 25.7 Å². The third-order valence-corrected chi connectivity index (χ3v) is 3.74. The zero-order valence-electron chi connectivity index (χ0n) is 11.2. The molecule has 0 saturated carbocycles. The lowest BCUT2D eigenvalue weighted by Crippen LogP contribution is -2.27. The van der Waals surface area contributed by atoms with Crippen LogP contribution in [0.2, 0.25) is 0 Å². The molecular weight excluding hydrogens is 276 g/mol. The Bertz CT molecular complexity index is 351. The normalized spacial score (nSPS) is 12.9. The van der Waals surface area contributed by atoms with Crippen molar-refractivity contribution in [3.8, 4) is 0 Å². The first kappa shape index (κ1) is 14.5. The van der Waals surface area contributed by atoms with E-state index in [1.54, 1.807) is 0 Å². The van der Waals surface area contributed by atoms with Crippen molar-refractivity contribution < 1.29 is 0 Å². The lowest BCUT2D eigenvalue weighted by molar-refractivity contribution is 0.413. The molecule has 96 valence electrons. The van der Waals surface area contributed by atoms with Gasteiger partial charge in [-0.3, -0.25) is 0 Å².